The second-order valence-electron chi connectivity index (χ2n) is 9.65. The molecule has 2 N–H and O–H groups in total. The van der Waals surface area contributed by atoms with E-state index in [2.05, 4.69) is 10.6 Å². The van der Waals surface area contributed by atoms with Crippen molar-refractivity contribution >= 4 is 33.7 Å². The quantitative estimate of drug-likeness (QED) is 0.612. The minimum Gasteiger partial charge on any atom is -0.497 e. The van der Waals surface area contributed by atoms with E-state index in [-0.39, 0.29) is 6.09 Å². The highest BCUT2D eigenvalue weighted by atomic mass is 16.6. The molecule has 2 heterocycles. The molecule has 0 aliphatic heterocycles. The first-order valence-electron chi connectivity index (χ1n) is 11.4. The number of carbonyl (C=O) groups excluding carboxylic acids is 1. The number of amides is 1. The number of pyridine rings is 1. The van der Waals surface area contributed by atoms with Crippen LogP contribution in [0, 0.1) is 0 Å². The van der Waals surface area contributed by atoms with Crippen molar-refractivity contribution in [1.29, 1.82) is 0 Å². The number of nitrogen functional groups attached to an aromatic ring is 1. The third kappa shape index (κ3) is 4.20. The Hall–Kier alpha value is -2.96. The number of rotatable bonds is 5. The summed E-state index contributed by atoms with van der Waals surface area (Å²) in [6.07, 6.45) is 4.74. The Morgan fingerprint density at radius 1 is 1.25 bits per heavy atom. The van der Waals surface area contributed by atoms with Crippen LogP contribution in [0.25, 0.3) is 21.9 Å². The molecule has 0 spiro atoms. The number of anilines is 1. The average Bonchev–Trinajstić information content (AvgIpc) is 3.05. The molecule has 7 nitrogen and oxygen atoms in total. The molecular weight excluding hydrogens is 404 g/mol. The van der Waals surface area contributed by atoms with Crippen molar-refractivity contribution in [3.63, 3.8) is 0 Å². The topological polar surface area (TPSA) is 82.6 Å². The SMILES string of the molecule is COc1ccc2c(c1)c1c(N)c3c(nc1n2CCCN(C)C(=O)OC(C)(C)C)CCCC3. The summed E-state index contributed by atoms with van der Waals surface area (Å²) in [4.78, 5) is 19.0. The molecule has 4 rings (SSSR count). The van der Waals surface area contributed by atoms with Gasteiger partial charge >= 0.3 is 6.09 Å². The summed E-state index contributed by atoms with van der Waals surface area (Å²) >= 11 is 0. The number of ether oxygens (including phenoxy) is 2. The molecule has 0 fully saturated rings. The Morgan fingerprint density at radius 2 is 2.00 bits per heavy atom. The maximum Gasteiger partial charge on any atom is 0.410 e. The van der Waals surface area contributed by atoms with Crippen LogP contribution in [0.3, 0.4) is 0 Å². The molecule has 0 radical (unpaired) electrons. The van der Waals surface area contributed by atoms with E-state index in [1.54, 1.807) is 19.1 Å². The molecule has 1 aromatic carbocycles. The van der Waals surface area contributed by atoms with Crippen LogP contribution in [0.15, 0.2) is 18.2 Å². The fourth-order valence-electron chi connectivity index (χ4n) is 4.53. The van der Waals surface area contributed by atoms with Crippen molar-refractivity contribution < 1.29 is 14.3 Å². The Labute approximate surface area is 189 Å². The summed E-state index contributed by atoms with van der Waals surface area (Å²) < 4.78 is 13.2. The van der Waals surface area contributed by atoms with Crippen molar-refractivity contribution in [2.45, 2.75) is 65.0 Å². The van der Waals surface area contributed by atoms with E-state index in [1.165, 1.54) is 5.56 Å². The average molecular weight is 439 g/mol. The number of hydrogen-bond acceptors (Lipinski definition) is 5. The molecule has 2 aromatic heterocycles. The summed E-state index contributed by atoms with van der Waals surface area (Å²) in [5.41, 5.74) is 11.4. The minimum atomic E-state index is -0.502. The van der Waals surface area contributed by atoms with Gasteiger partial charge in [-0.3, -0.25) is 0 Å². The van der Waals surface area contributed by atoms with Crippen molar-refractivity contribution in [2.24, 2.45) is 0 Å². The smallest absolute Gasteiger partial charge is 0.410 e. The number of fused-ring (bicyclic) bond motifs is 4. The van der Waals surface area contributed by atoms with Crippen molar-refractivity contribution in [2.75, 3.05) is 26.4 Å². The maximum absolute atomic E-state index is 12.3. The highest BCUT2D eigenvalue weighted by Gasteiger charge is 2.23. The molecule has 0 saturated carbocycles. The second kappa shape index (κ2) is 8.52. The molecule has 0 bridgehead atoms. The number of hydrogen-bond donors (Lipinski definition) is 1. The maximum atomic E-state index is 12.3. The van der Waals surface area contributed by atoms with Gasteiger partial charge in [0.05, 0.1) is 18.0 Å². The van der Waals surface area contributed by atoms with E-state index in [1.807, 2.05) is 32.9 Å². The van der Waals surface area contributed by atoms with E-state index >= 15 is 0 Å². The van der Waals surface area contributed by atoms with Crippen molar-refractivity contribution in [3.05, 3.63) is 29.5 Å². The highest BCUT2D eigenvalue weighted by Crippen LogP contribution is 2.38. The predicted octanol–water partition coefficient (Wildman–Crippen LogP) is 4.92. The number of nitrogens with two attached hydrogens (primary N) is 1. The Kier molecular flexibility index (Phi) is 5.93. The molecule has 1 aliphatic rings. The number of carbonyl (C=O) groups is 1. The van der Waals surface area contributed by atoms with Gasteiger partial charge in [-0.2, -0.15) is 0 Å². The summed E-state index contributed by atoms with van der Waals surface area (Å²) in [7, 11) is 3.45. The van der Waals surface area contributed by atoms with Gasteiger partial charge in [0.2, 0.25) is 0 Å². The molecule has 1 amide bonds. The third-order valence-corrected chi connectivity index (χ3v) is 6.10. The van der Waals surface area contributed by atoms with Crippen LogP contribution < -0.4 is 10.5 Å². The lowest BCUT2D eigenvalue weighted by Gasteiger charge is -2.24. The zero-order chi connectivity index (χ0) is 23.0. The Bertz CT molecular complexity index is 1160. The fourth-order valence-corrected chi connectivity index (χ4v) is 4.53. The molecule has 0 saturated heterocycles. The monoisotopic (exact) mass is 438 g/mol. The van der Waals surface area contributed by atoms with Gasteiger partial charge in [-0.1, -0.05) is 0 Å². The number of aryl methyl sites for hydroxylation is 2. The van der Waals surface area contributed by atoms with Crippen LogP contribution in [0.1, 0.15) is 51.3 Å². The van der Waals surface area contributed by atoms with Gasteiger partial charge in [-0.25, -0.2) is 9.78 Å². The third-order valence-electron chi connectivity index (χ3n) is 6.10. The fraction of sp³-hybridized carbons (Fsp3) is 0.520. The molecule has 3 aromatic rings. The zero-order valence-electron chi connectivity index (χ0n) is 19.8. The molecule has 0 atom stereocenters. The molecule has 32 heavy (non-hydrogen) atoms. The van der Waals surface area contributed by atoms with Gasteiger partial charge in [0.15, 0.2) is 0 Å². The van der Waals surface area contributed by atoms with Crippen molar-refractivity contribution in [3.8, 4) is 5.75 Å². The minimum absolute atomic E-state index is 0.305. The van der Waals surface area contributed by atoms with Crippen molar-refractivity contribution in [1.82, 2.24) is 14.5 Å². The highest BCUT2D eigenvalue weighted by molar-refractivity contribution is 6.13. The van der Waals surface area contributed by atoms with Crippen LogP contribution in [-0.2, 0) is 24.1 Å². The number of benzene rings is 1. The largest absolute Gasteiger partial charge is 0.497 e. The van der Waals surface area contributed by atoms with Gasteiger partial charge in [-0.05, 0) is 76.6 Å². The first-order valence-corrected chi connectivity index (χ1v) is 11.4. The number of nitrogens with zero attached hydrogens (tertiary/aromatic N) is 3. The molecule has 1 aliphatic carbocycles. The summed E-state index contributed by atoms with van der Waals surface area (Å²) in [5.74, 6) is 0.804. The normalized spacial score (nSPS) is 13.9. The second-order valence-corrected chi connectivity index (χ2v) is 9.65. The Morgan fingerprint density at radius 3 is 2.72 bits per heavy atom. The van der Waals surface area contributed by atoms with E-state index in [0.717, 1.165) is 77.7 Å². The van der Waals surface area contributed by atoms with Gasteiger partial charge in [-0.15, -0.1) is 0 Å². The lowest BCUT2D eigenvalue weighted by atomic mass is 9.93. The summed E-state index contributed by atoms with van der Waals surface area (Å²) in [5, 5.41) is 2.08. The molecular formula is C25H34N4O3. The van der Waals surface area contributed by atoms with Crippen LogP contribution in [0.2, 0.25) is 0 Å². The van der Waals surface area contributed by atoms with Gasteiger partial charge in [0.25, 0.3) is 0 Å². The standard InChI is InChI=1S/C25H34N4O3/c1-25(2,3)32-24(30)28(4)13-8-14-29-20-12-11-16(31-5)15-18(20)21-22(26)17-9-6-7-10-19(17)27-23(21)29/h11-12,15H,6-10,13-14H2,1-5H3,(H2,26,27). The van der Waals surface area contributed by atoms with Crippen LogP contribution in [0.5, 0.6) is 5.75 Å². The predicted molar refractivity (Wildman–Crippen MR) is 128 cm³/mol. The van der Waals surface area contributed by atoms with Gasteiger partial charge in [0, 0.05) is 36.9 Å². The Balaban J connectivity index is 1.69. The number of aromatic nitrogens is 2. The molecule has 0 unspecified atom stereocenters. The van der Waals surface area contributed by atoms with Gasteiger partial charge in [0.1, 0.15) is 17.0 Å². The molecule has 172 valence electrons. The molecule has 7 heteroatoms. The van der Waals surface area contributed by atoms with Crippen LogP contribution in [-0.4, -0.2) is 46.8 Å². The summed E-state index contributed by atoms with van der Waals surface area (Å²) in [6.45, 7) is 6.95. The van der Waals surface area contributed by atoms with Gasteiger partial charge < -0.3 is 24.7 Å². The van der Waals surface area contributed by atoms with E-state index in [4.69, 9.17) is 20.2 Å². The van der Waals surface area contributed by atoms with E-state index < -0.39 is 5.60 Å². The lowest BCUT2D eigenvalue weighted by molar-refractivity contribution is 0.0295. The zero-order valence-corrected chi connectivity index (χ0v) is 19.8. The van der Waals surface area contributed by atoms with Crippen LogP contribution in [0.4, 0.5) is 10.5 Å². The van der Waals surface area contributed by atoms with E-state index in [9.17, 15) is 4.79 Å². The first-order chi connectivity index (χ1) is 15.2. The lowest BCUT2D eigenvalue weighted by Crippen LogP contribution is -2.35. The summed E-state index contributed by atoms with van der Waals surface area (Å²) in [6, 6.07) is 6.10. The van der Waals surface area contributed by atoms with Crippen LogP contribution >= 0.6 is 0 Å². The first kappa shape index (κ1) is 22.2. The number of methoxy groups -OCH3 is 1. The van der Waals surface area contributed by atoms with E-state index in [0.29, 0.717) is 6.54 Å².